The molecular formula is C22H25N5O3. The van der Waals surface area contributed by atoms with Gasteiger partial charge in [0.2, 0.25) is 0 Å². The van der Waals surface area contributed by atoms with Crippen LogP contribution in [0.5, 0.6) is 0 Å². The van der Waals surface area contributed by atoms with Gasteiger partial charge < -0.3 is 14.6 Å². The van der Waals surface area contributed by atoms with E-state index in [1.54, 1.807) is 23.1 Å². The second-order valence-electron chi connectivity index (χ2n) is 7.43. The SMILES string of the molecule is CCc1c(C(=O)N2CCC(NC(=O)c3occc3C)CC2)cnn1-c1ccccn1. The number of aromatic nitrogens is 3. The first-order chi connectivity index (χ1) is 14.6. The van der Waals surface area contributed by atoms with Crippen LogP contribution in [0.25, 0.3) is 5.82 Å². The number of carbonyl (C=O) groups is 2. The van der Waals surface area contributed by atoms with Gasteiger partial charge >= 0.3 is 0 Å². The predicted molar refractivity (Wildman–Crippen MR) is 111 cm³/mol. The molecule has 0 atom stereocenters. The number of piperidine rings is 1. The van der Waals surface area contributed by atoms with Gasteiger partial charge in [-0.3, -0.25) is 9.59 Å². The number of aryl methyl sites for hydroxylation is 1. The number of rotatable bonds is 5. The molecule has 156 valence electrons. The summed E-state index contributed by atoms with van der Waals surface area (Å²) in [4.78, 5) is 31.7. The molecule has 1 fully saturated rings. The van der Waals surface area contributed by atoms with E-state index in [1.165, 1.54) is 6.26 Å². The average Bonchev–Trinajstić information content (AvgIpc) is 3.40. The van der Waals surface area contributed by atoms with Crippen molar-refractivity contribution in [3.8, 4) is 5.82 Å². The van der Waals surface area contributed by atoms with Crippen molar-refractivity contribution in [2.45, 2.75) is 39.2 Å². The lowest BCUT2D eigenvalue weighted by molar-refractivity contribution is 0.0694. The van der Waals surface area contributed by atoms with Crippen LogP contribution in [-0.2, 0) is 6.42 Å². The molecule has 0 aromatic carbocycles. The molecule has 0 bridgehead atoms. The van der Waals surface area contributed by atoms with E-state index in [1.807, 2.05) is 36.9 Å². The monoisotopic (exact) mass is 407 g/mol. The van der Waals surface area contributed by atoms with Crippen molar-refractivity contribution in [2.75, 3.05) is 13.1 Å². The van der Waals surface area contributed by atoms with Crippen LogP contribution in [0.4, 0.5) is 0 Å². The Balaban J connectivity index is 1.41. The Morgan fingerprint density at radius 1 is 1.23 bits per heavy atom. The first-order valence-corrected chi connectivity index (χ1v) is 10.2. The van der Waals surface area contributed by atoms with Crippen LogP contribution in [0.2, 0.25) is 0 Å². The Hall–Kier alpha value is -3.42. The predicted octanol–water partition coefficient (Wildman–Crippen LogP) is 2.77. The molecule has 1 saturated heterocycles. The molecule has 1 aliphatic rings. The maximum absolute atomic E-state index is 13.1. The Bertz CT molecular complexity index is 1030. The number of furan rings is 1. The van der Waals surface area contributed by atoms with E-state index in [4.69, 9.17) is 4.42 Å². The normalized spacial score (nSPS) is 14.7. The second-order valence-corrected chi connectivity index (χ2v) is 7.43. The van der Waals surface area contributed by atoms with Crippen molar-refractivity contribution in [1.82, 2.24) is 25.0 Å². The highest BCUT2D eigenvalue weighted by Crippen LogP contribution is 2.20. The van der Waals surface area contributed by atoms with E-state index >= 15 is 0 Å². The summed E-state index contributed by atoms with van der Waals surface area (Å²) >= 11 is 0. The van der Waals surface area contributed by atoms with E-state index < -0.39 is 0 Å². The number of carbonyl (C=O) groups excluding carboxylic acids is 2. The Kier molecular flexibility index (Phi) is 5.65. The van der Waals surface area contributed by atoms with Gasteiger partial charge in [0.05, 0.1) is 23.7 Å². The van der Waals surface area contributed by atoms with Crippen LogP contribution in [0.15, 0.2) is 47.3 Å². The van der Waals surface area contributed by atoms with Crippen molar-refractivity contribution >= 4 is 11.8 Å². The van der Waals surface area contributed by atoms with Gasteiger partial charge in [-0.1, -0.05) is 13.0 Å². The molecule has 1 N–H and O–H groups in total. The lowest BCUT2D eigenvalue weighted by Gasteiger charge is -2.32. The van der Waals surface area contributed by atoms with Crippen molar-refractivity contribution in [1.29, 1.82) is 0 Å². The van der Waals surface area contributed by atoms with Crippen molar-refractivity contribution < 1.29 is 14.0 Å². The number of hydrogen-bond acceptors (Lipinski definition) is 5. The molecule has 8 heteroatoms. The molecule has 30 heavy (non-hydrogen) atoms. The fraction of sp³-hybridized carbons (Fsp3) is 0.364. The van der Waals surface area contributed by atoms with E-state index in [0.717, 1.165) is 11.3 Å². The van der Waals surface area contributed by atoms with Crippen LogP contribution in [-0.4, -0.2) is 50.6 Å². The molecule has 2 amide bonds. The summed E-state index contributed by atoms with van der Waals surface area (Å²) in [5.41, 5.74) is 2.27. The number of nitrogens with zero attached hydrogens (tertiary/aromatic N) is 4. The summed E-state index contributed by atoms with van der Waals surface area (Å²) in [5.74, 6) is 0.818. The molecule has 0 radical (unpaired) electrons. The quantitative estimate of drug-likeness (QED) is 0.702. The lowest BCUT2D eigenvalue weighted by atomic mass is 10.0. The maximum Gasteiger partial charge on any atom is 0.287 e. The van der Waals surface area contributed by atoms with Crippen LogP contribution < -0.4 is 5.32 Å². The van der Waals surface area contributed by atoms with Gasteiger partial charge in [0.15, 0.2) is 11.6 Å². The molecule has 3 aromatic heterocycles. The van der Waals surface area contributed by atoms with Crippen LogP contribution >= 0.6 is 0 Å². The van der Waals surface area contributed by atoms with Gasteiger partial charge in [-0.2, -0.15) is 5.10 Å². The topological polar surface area (TPSA) is 93.3 Å². The Morgan fingerprint density at radius 3 is 2.67 bits per heavy atom. The second kappa shape index (κ2) is 8.52. The summed E-state index contributed by atoms with van der Waals surface area (Å²) in [5, 5.41) is 7.42. The first kappa shape index (κ1) is 19.9. The van der Waals surface area contributed by atoms with E-state index in [0.29, 0.717) is 49.5 Å². The number of amides is 2. The zero-order chi connectivity index (χ0) is 21.1. The fourth-order valence-corrected chi connectivity index (χ4v) is 3.82. The molecule has 1 aliphatic heterocycles. The molecule has 3 aromatic rings. The molecule has 8 nitrogen and oxygen atoms in total. The van der Waals surface area contributed by atoms with Gasteiger partial charge in [0, 0.05) is 30.9 Å². The minimum Gasteiger partial charge on any atom is -0.459 e. The van der Waals surface area contributed by atoms with Crippen molar-refractivity contribution in [2.24, 2.45) is 0 Å². The third-order valence-corrected chi connectivity index (χ3v) is 5.49. The molecule has 0 spiro atoms. The van der Waals surface area contributed by atoms with Gasteiger partial charge in [-0.25, -0.2) is 9.67 Å². The molecule has 4 heterocycles. The summed E-state index contributed by atoms with van der Waals surface area (Å²) in [7, 11) is 0. The smallest absolute Gasteiger partial charge is 0.287 e. The average molecular weight is 407 g/mol. The highest BCUT2D eigenvalue weighted by atomic mass is 16.3. The van der Waals surface area contributed by atoms with Crippen molar-refractivity contribution in [3.63, 3.8) is 0 Å². The Morgan fingerprint density at radius 2 is 2.03 bits per heavy atom. The van der Waals surface area contributed by atoms with E-state index in [9.17, 15) is 9.59 Å². The van der Waals surface area contributed by atoms with E-state index in [2.05, 4.69) is 15.4 Å². The number of pyridine rings is 1. The van der Waals surface area contributed by atoms with Gasteiger partial charge in [-0.15, -0.1) is 0 Å². The minimum atomic E-state index is -0.202. The summed E-state index contributed by atoms with van der Waals surface area (Å²) in [6.45, 7) is 5.01. The van der Waals surface area contributed by atoms with E-state index in [-0.39, 0.29) is 17.9 Å². The third kappa shape index (κ3) is 3.85. The summed E-state index contributed by atoms with van der Waals surface area (Å²) < 4.78 is 6.99. The summed E-state index contributed by atoms with van der Waals surface area (Å²) in [6.07, 6.45) is 6.93. The van der Waals surface area contributed by atoms with Crippen LogP contribution in [0.1, 0.15) is 51.9 Å². The Labute approximate surface area is 174 Å². The lowest BCUT2D eigenvalue weighted by Crippen LogP contribution is -2.46. The molecule has 0 saturated carbocycles. The fourth-order valence-electron chi connectivity index (χ4n) is 3.82. The van der Waals surface area contributed by atoms with Crippen molar-refractivity contribution in [3.05, 3.63) is 65.5 Å². The molecule has 0 unspecified atom stereocenters. The largest absolute Gasteiger partial charge is 0.459 e. The number of hydrogen-bond donors (Lipinski definition) is 1. The standard InChI is InChI=1S/C22H25N5O3/c1-3-18-17(14-24-27(18)19-6-4-5-10-23-19)22(29)26-11-7-16(8-12-26)25-21(28)20-15(2)9-13-30-20/h4-6,9-10,13-14,16H,3,7-8,11-12H2,1-2H3,(H,25,28). The van der Waals surface area contributed by atoms with Crippen LogP contribution in [0.3, 0.4) is 0 Å². The van der Waals surface area contributed by atoms with Gasteiger partial charge in [0.25, 0.3) is 11.8 Å². The van der Waals surface area contributed by atoms with Crippen LogP contribution in [0, 0.1) is 6.92 Å². The van der Waals surface area contributed by atoms with Gasteiger partial charge in [0.1, 0.15) is 0 Å². The maximum atomic E-state index is 13.1. The highest BCUT2D eigenvalue weighted by Gasteiger charge is 2.28. The zero-order valence-corrected chi connectivity index (χ0v) is 17.2. The zero-order valence-electron chi connectivity index (χ0n) is 17.2. The minimum absolute atomic E-state index is 0.0212. The molecule has 4 rings (SSSR count). The highest BCUT2D eigenvalue weighted by molar-refractivity contribution is 5.95. The molecular weight excluding hydrogens is 382 g/mol. The third-order valence-electron chi connectivity index (χ3n) is 5.49. The first-order valence-electron chi connectivity index (χ1n) is 10.2. The summed E-state index contributed by atoms with van der Waals surface area (Å²) in [6, 6.07) is 7.41. The van der Waals surface area contributed by atoms with Gasteiger partial charge in [-0.05, 0) is 44.4 Å². The number of nitrogens with one attached hydrogen (secondary N) is 1. The number of likely N-dealkylation sites (tertiary alicyclic amines) is 1. The molecule has 0 aliphatic carbocycles.